The highest BCUT2D eigenvalue weighted by Gasteiger charge is 1.97. The van der Waals surface area contributed by atoms with Gasteiger partial charge in [-0.05, 0) is 60.0 Å². The zero-order valence-corrected chi connectivity index (χ0v) is 15.4. The van der Waals surface area contributed by atoms with Crippen LogP contribution in [0.2, 0.25) is 5.02 Å². The fraction of sp³-hybridized carbons (Fsp3) is 0.136. The van der Waals surface area contributed by atoms with Crippen LogP contribution >= 0.6 is 11.6 Å². The third-order valence-electron chi connectivity index (χ3n) is 3.91. The molecule has 4 heteroatoms. The van der Waals surface area contributed by atoms with Crippen molar-refractivity contribution in [2.24, 2.45) is 5.10 Å². The van der Waals surface area contributed by atoms with Crippen molar-refractivity contribution in [3.05, 3.63) is 100 Å². The van der Waals surface area contributed by atoms with Crippen LogP contribution in [0.3, 0.4) is 0 Å². The maximum absolute atomic E-state index is 5.87. The fourth-order valence-electron chi connectivity index (χ4n) is 2.36. The summed E-state index contributed by atoms with van der Waals surface area (Å²) in [6, 6.07) is 23.9. The number of halogens is 1. The molecule has 3 aromatic rings. The first-order valence-corrected chi connectivity index (χ1v) is 8.85. The summed E-state index contributed by atoms with van der Waals surface area (Å²) in [5, 5.41) is 4.98. The van der Waals surface area contributed by atoms with E-state index in [1.807, 2.05) is 48.5 Å². The van der Waals surface area contributed by atoms with Crippen molar-refractivity contribution in [1.82, 2.24) is 5.43 Å². The van der Waals surface area contributed by atoms with E-state index >= 15 is 0 Å². The van der Waals surface area contributed by atoms with Gasteiger partial charge < -0.3 is 10.2 Å². The number of hydrogen-bond acceptors (Lipinski definition) is 3. The standard InChI is InChI=1S/C22H21ClN2O/c1-17-2-4-20(5-3-17)16-26-22-12-8-19(9-13-22)15-25-24-14-18-6-10-21(23)11-7-18/h2-13,15,24H,14,16H2,1H3/b25-15-. The Morgan fingerprint density at radius 1 is 0.885 bits per heavy atom. The number of rotatable bonds is 7. The molecule has 0 saturated heterocycles. The van der Waals surface area contributed by atoms with Crippen molar-refractivity contribution >= 4 is 17.8 Å². The lowest BCUT2D eigenvalue weighted by atomic mass is 10.2. The van der Waals surface area contributed by atoms with Crippen LogP contribution in [-0.4, -0.2) is 6.21 Å². The van der Waals surface area contributed by atoms with Gasteiger partial charge >= 0.3 is 0 Å². The Morgan fingerprint density at radius 3 is 2.23 bits per heavy atom. The lowest BCUT2D eigenvalue weighted by Crippen LogP contribution is -2.05. The molecule has 0 unspecified atom stereocenters. The molecule has 0 fully saturated rings. The van der Waals surface area contributed by atoms with Crippen molar-refractivity contribution in [1.29, 1.82) is 0 Å². The molecule has 132 valence electrons. The molecule has 0 aliphatic rings. The maximum Gasteiger partial charge on any atom is 0.119 e. The van der Waals surface area contributed by atoms with Crippen molar-refractivity contribution in [2.45, 2.75) is 20.1 Å². The molecule has 0 saturated carbocycles. The van der Waals surface area contributed by atoms with Crippen molar-refractivity contribution < 1.29 is 4.74 Å². The van der Waals surface area contributed by atoms with Crippen LogP contribution in [0.15, 0.2) is 77.9 Å². The van der Waals surface area contributed by atoms with Gasteiger partial charge in [0.25, 0.3) is 0 Å². The largest absolute Gasteiger partial charge is 0.489 e. The molecule has 3 aromatic carbocycles. The minimum absolute atomic E-state index is 0.566. The van der Waals surface area contributed by atoms with Gasteiger partial charge in [0.2, 0.25) is 0 Å². The van der Waals surface area contributed by atoms with Gasteiger partial charge in [-0.3, -0.25) is 0 Å². The van der Waals surface area contributed by atoms with E-state index in [0.717, 1.165) is 27.5 Å². The molecule has 0 amide bonds. The Kier molecular flexibility index (Phi) is 6.29. The number of nitrogens with one attached hydrogen (secondary N) is 1. The third kappa shape index (κ3) is 5.64. The number of aryl methyl sites for hydroxylation is 1. The highest BCUT2D eigenvalue weighted by atomic mass is 35.5. The normalized spacial score (nSPS) is 10.8. The molecule has 3 rings (SSSR count). The highest BCUT2D eigenvalue weighted by molar-refractivity contribution is 6.30. The molecule has 3 nitrogen and oxygen atoms in total. The van der Waals surface area contributed by atoms with Gasteiger partial charge in [0.15, 0.2) is 0 Å². The van der Waals surface area contributed by atoms with Crippen LogP contribution in [0.1, 0.15) is 22.3 Å². The topological polar surface area (TPSA) is 33.6 Å². The molecule has 0 heterocycles. The summed E-state index contributed by atoms with van der Waals surface area (Å²) >= 11 is 5.87. The molecule has 0 atom stereocenters. The average Bonchev–Trinajstić information content (AvgIpc) is 2.67. The van der Waals surface area contributed by atoms with E-state index in [4.69, 9.17) is 16.3 Å². The molecule has 0 bridgehead atoms. The first-order valence-electron chi connectivity index (χ1n) is 8.48. The monoisotopic (exact) mass is 364 g/mol. The Balaban J connectivity index is 1.46. The predicted molar refractivity (Wildman–Crippen MR) is 108 cm³/mol. The van der Waals surface area contributed by atoms with Crippen molar-refractivity contribution in [3.63, 3.8) is 0 Å². The van der Waals surface area contributed by atoms with Crippen LogP contribution in [0, 0.1) is 6.92 Å². The summed E-state index contributed by atoms with van der Waals surface area (Å²) in [5.41, 5.74) is 7.58. The van der Waals surface area contributed by atoms with Gasteiger partial charge in [-0.1, -0.05) is 53.6 Å². The van der Waals surface area contributed by atoms with Gasteiger partial charge in [-0.25, -0.2) is 0 Å². The number of nitrogens with zero attached hydrogens (tertiary/aromatic N) is 1. The van der Waals surface area contributed by atoms with Crippen LogP contribution in [0.5, 0.6) is 5.75 Å². The Morgan fingerprint density at radius 2 is 1.54 bits per heavy atom. The van der Waals surface area contributed by atoms with E-state index in [1.165, 1.54) is 5.56 Å². The molecule has 1 N–H and O–H groups in total. The second-order valence-corrected chi connectivity index (χ2v) is 6.50. The Hall–Kier alpha value is -2.78. The predicted octanol–water partition coefficient (Wildman–Crippen LogP) is 5.35. The Bertz CT molecular complexity index is 841. The second kappa shape index (κ2) is 9.07. The molecular formula is C22H21ClN2O. The minimum Gasteiger partial charge on any atom is -0.489 e. The minimum atomic E-state index is 0.566. The molecule has 0 aromatic heterocycles. The van der Waals surface area contributed by atoms with Crippen molar-refractivity contribution in [3.8, 4) is 5.75 Å². The van der Waals surface area contributed by atoms with Gasteiger partial charge in [-0.15, -0.1) is 0 Å². The maximum atomic E-state index is 5.87. The van der Waals surface area contributed by atoms with Gasteiger partial charge in [-0.2, -0.15) is 5.10 Å². The fourth-order valence-corrected chi connectivity index (χ4v) is 2.49. The smallest absolute Gasteiger partial charge is 0.119 e. The van der Waals surface area contributed by atoms with Crippen LogP contribution in [0.25, 0.3) is 0 Å². The van der Waals surface area contributed by atoms with E-state index in [9.17, 15) is 0 Å². The summed E-state index contributed by atoms with van der Waals surface area (Å²) in [7, 11) is 0. The second-order valence-electron chi connectivity index (χ2n) is 6.06. The van der Waals surface area contributed by atoms with Gasteiger partial charge in [0.1, 0.15) is 12.4 Å². The van der Waals surface area contributed by atoms with Crippen LogP contribution in [0.4, 0.5) is 0 Å². The SMILES string of the molecule is Cc1ccc(COc2ccc(/C=N\NCc3ccc(Cl)cc3)cc2)cc1. The number of ether oxygens (including phenoxy) is 1. The molecule has 0 radical (unpaired) electrons. The van der Waals surface area contributed by atoms with E-state index in [1.54, 1.807) is 6.21 Å². The molecular weight excluding hydrogens is 344 g/mol. The number of hydrogen-bond donors (Lipinski definition) is 1. The third-order valence-corrected chi connectivity index (χ3v) is 4.16. The first kappa shape index (κ1) is 18.0. The summed E-state index contributed by atoms with van der Waals surface area (Å²) < 4.78 is 5.81. The Labute approximate surface area is 159 Å². The molecule has 26 heavy (non-hydrogen) atoms. The van der Waals surface area contributed by atoms with E-state index < -0.39 is 0 Å². The first-order chi connectivity index (χ1) is 12.7. The zero-order chi connectivity index (χ0) is 18.2. The summed E-state index contributed by atoms with van der Waals surface area (Å²) in [6.07, 6.45) is 1.79. The van der Waals surface area contributed by atoms with E-state index in [-0.39, 0.29) is 0 Å². The van der Waals surface area contributed by atoms with E-state index in [2.05, 4.69) is 41.7 Å². The lowest BCUT2D eigenvalue weighted by molar-refractivity contribution is 0.306. The van der Waals surface area contributed by atoms with Gasteiger partial charge in [0.05, 0.1) is 12.8 Å². The summed E-state index contributed by atoms with van der Waals surface area (Å²) in [5.74, 6) is 0.844. The van der Waals surface area contributed by atoms with Crippen LogP contribution < -0.4 is 10.2 Å². The van der Waals surface area contributed by atoms with Gasteiger partial charge in [0, 0.05) is 5.02 Å². The lowest BCUT2D eigenvalue weighted by Gasteiger charge is -2.07. The molecule has 0 aliphatic carbocycles. The summed E-state index contributed by atoms with van der Waals surface area (Å²) in [4.78, 5) is 0. The zero-order valence-electron chi connectivity index (χ0n) is 14.7. The van der Waals surface area contributed by atoms with Crippen molar-refractivity contribution in [2.75, 3.05) is 0 Å². The highest BCUT2D eigenvalue weighted by Crippen LogP contribution is 2.14. The van der Waals surface area contributed by atoms with Crippen LogP contribution in [-0.2, 0) is 13.2 Å². The van der Waals surface area contributed by atoms with E-state index in [0.29, 0.717) is 13.2 Å². The number of benzene rings is 3. The molecule has 0 spiro atoms. The number of hydrazone groups is 1. The summed E-state index contributed by atoms with van der Waals surface area (Å²) in [6.45, 7) is 3.30. The quantitative estimate of drug-likeness (QED) is 0.453. The average molecular weight is 365 g/mol. The molecule has 0 aliphatic heterocycles.